The van der Waals surface area contributed by atoms with Crippen molar-refractivity contribution in [3.05, 3.63) is 29.6 Å². The number of benzene rings is 1. The lowest BCUT2D eigenvalue weighted by atomic mass is 10.1. The number of hydrogen-bond donors (Lipinski definition) is 0. The summed E-state index contributed by atoms with van der Waals surface area (Å²) in [6.45, 7) is 5.01. The van der Waals surface area contributed by atoms with Gasteiger partial charge in [-0.15, -0.1) is 0 Å². The second kappa shape index (κ2) is 5.36. The number of anilines is 1. The van der Waals surface area contributed by atoms with E-state index < -0.39 is 0 Å². The third-order valence-corrected chi connectivity index (χ3v) is 3.94. The molecule has 94 valence electrons. The Kier molecular flexibility index (Phi) is 4.05. The number of para-hydroxylation sites is 1. The number of halogens is 2. The SMILES string of the molecule is CC1CN(C)CCN1c1c(F)cccc1CBr. The van der Waals surface area contributed by atoms with Gasteiger partial charge >= 0.3 is 0 Å². The normalized spacial score (nSPS) is 21.9. The molecule has 0 bridgehead atoms. The number of hydrogen-bond acceptors (Lipinski definition) is 2. The Balaban J connectivity index is 2.33. The summed E-state index contributed by atoms with van der Waals surface area (Å²) in [7, 11) is 2.11. The zero-order chi connectivity index (χ0) is 12.4. The van der Waals surface area contributed by atoms with E-state index in [9.17, 15) is 4.39 Å². The Morgan fingerprint density at radius 2 is 2.18 bits per heavy atom. The van der Waals surface area contributed by atoms with Crippen molar-refractivity contribution < 1.29 is 4.39 Å². The molecular formula is C13H18BrFN2. The first kappa shape index (κ1) is 12.8. The van der Waals surface area contributed by atoms with Gasteiger partial charge < -0.3 is 9.80 Å². The Morgan fingerprint density at radius 1 is 1.41 bits per heavy atom. The van der Waals surface area contributed by atoms with Crippen molar-refractivity contribution in [1.29, 1.82) is 0 Å². The summed E-state index contributed by atoms with van der Waals surface area (Å²) in [5, 5.41) is 0.694. The topological polar surface area (TPSA) is 6.48 Å². The first-order chi connectivity index (χ1) is 8.13. The molecule has 4 heteroatoms. The van der Waals surface area contributed by atoms with Crippen molar-refractivity contribution in [3.63, 3.8) is 0 Å². The molecule has 1 saturated heterocycles. The zero-order valence-electron chi connectivity index (χ0n) is 10.3. The molecule has 0 N–H and O–H groups in total. The minimum Gasteiger partial charge on any atom is -0.364 e. The van der Waals surface area contributed by atoms with Gasteiger partial charge in [0.25, 0.3) is 0 Å². The lowest BCUT2D eigenvalue weighted by Crippen LogP contribution is -2.51. The van der Waals surface area contributed by atoms with Crippen LogP contribution in [0.25, 0.3) is 0 Å². The molecule has 0 aliphatic carbocycles. The summed E-state index contributed by atoms with van der Waals surface area (Å²) >= 11 is 3.44. The van der Waals surface area contributed by atoms with Gasteiger partial charge in [-0.3, -0.25) is 0 Å². The van der Waals surface area contributed by atoms with E-state index in [1.807, 2.05) is 6.07 Å². The second-order valence-electron chi connectivity index (χ2n) is 4.69. The third-order valence-electron chi connectivity index (χ3n) is 3.33. The maximum Gasteiger partial charge on any atom is 0.146 e. The fourth-order valence-corrected chi connectivity index (χ4v) is 2.91. The van der Waals surface area contributed by atoms with E-state index in [1.165, 1.54) is 0 Å². The first-order valence-corrected chi connectivity index (χ1v) is 7.04. The van der Waals surface area contributed by atoms with Crippen molar-refractivity contribution in [3.8, 4) is 0 Å². The highest BCUT2D eigenvalue weighted by atomic mass is 79.9. The van der Waals surface area contributed by atoms with Gasteiger partial charge in [-0.2, -0.15) is 0 Å². The number of piperazine rings is 1. The summed E-state index contributed by atoms with van der Waals surface area (Å²) in [6.07, 6.45) is 0. The van der Waals surface area contributed by atoms with E-state index >= 15 is 0 Å². The monoisotopic (exact) mass is 300 g/mol. The lowest BCUT2D eigenvalue weighted by Gasteiger charge is -2.40. The molecule has 1 aliphatic rings. The molecular weight excluding hydrogens is 283 g/mol. The van der Waals surface area contributed by atoms with Crippen molar-refractivity contribution in [2.75, 3.05) is 31.6 Å². The number of likely N-dealkylation sites (N-methyl/N-ethyl adjacent to an activating group) is 1. The van der Waals surface area contributed by atoms with Gasteiger partial charge in [0, 0.05) is 31.0 Å². The molecule has 0 spiro atoms. The molecule has 17 heavy (non-hydrogen) atoms. The molecule has 1 unspecified atom stereocenters. The van der Waals surface area contributed by atoms with Crippen molar-refractivity contribution in [1.82, 2.24) is 4.90 Å². The van der Waals surface area contributed by atoms with Crippen molar-refractivity contribution in [2.24, 2.45) is 0 Å². The van der Waals surface area contributed by atoms with Crippen molar-refractivity contribution >= 4 is 21.6 Å². The Morgan fingerprint density at radius 3 is 2.82 bits per heavy atom. The Bertz CT molecular complexity index is 397. The standard InChI is InChI=1S/C13H18BrFN2/c1-10-9-16(2)6-7-17(10)13-11(8-14)4-3-5-12(13)15/h3-5,10H,6-9H2,1-2H3. The minimum absolute atomic E-state index is 0.113. The molecule has 1 aliphatic heterocycles. The van der Waals surface area contributed by atoms with E-state index in [1.54, 1.807) is 12.1 Å². The largest absolute Gasteiger partial charge is 0.364 e. The molecule has 2 rings (SSSR count). The molecule has 0 aromatic heterocycles. The maximum atomic E-state index is 14.0. The fraction of sp³-hybridized carbons (Fsp3) is 0.538. The quantitative estimate of drug-likeness (QED) is 0.775. The van der Waals surface area contributed by atoms with Gasteiger partial charge in [-0.05, 0) is 25.6 Å². The van der Waals surface area contributed by atoms with Crippen LogP contribution in [-0.2, 0) is 5.33 Å². The van der Waals surface area contributed by atoms with E-state index in [2.05, 4.69) is 39.7 Å². The molecule has 1 fully saturated rings. The minimum atomic E-state index is -0.113. The second-order valence-corrected chi connectivity index (χ2v) is 5.25. The molecule has 1 aromatic carbocycles. The van der Waals surface area contributed by atoms with Gasteiger partial charge in [-0.25, -0.2) is 4.39 Å². The predicted octanol–water partition coefficient (Wildman–Crippen LogP) is 2.86. The van der Waals surface area contributed by atoms with E-state index in [4.69, 9.17) is 0 Å². The van der Waals surface area contributed by atoms with Crippen LogP contribution in [0.5, 0.6) is 0 Å². The van der Waals surface area contributed by atoms with Gasteiger partial charge in [0.15, 0.2) is 0 Å². The van der Waals surface area contributed by atoms with E-state index in [-0.39, 0.29) is 5.82 Å². The molecule has 2 nitrogen and oxygen atoms in total. The molecule has 1 aromatic rings. The lowest BCUT2D eigenvalue weighted by molar-refractivity contribution is 0.274. The Hall–Kier alpha value is -0.610. The van der Waals surface area contributed by atoms with Crippen LogP contribution in [0.3, 0.4) is 0 Å². The zero-order valence-corrected chi connectivity index (χ0v) is 11.9. The summed E-state index contributed by atoms with van der Waals surface area (Å²) in [5.74, 6) is -0.113. The van der Waals surface area contributed by atoms with Crippen LogP contribution in [0.2, 0.25) is 0 Å². The van der Waals surface area contributed by atoms with Gasteiger partial charge in [-0.1, -0.05) is 28.1 Å². The summed E-state index contributed by atoms with van der Waals surface area (Å²) in [5.41, 5.74) is 1.80. The first-order valence-electron chi connectivity index (χ1n) is 5.92. The molecule has 0 saturated carbocycles. The van der Waals surface area contributed by atoms with E-state index in [0.717, 1.165) is 30.9 Å². The summed E-state index contributed by atoms with van der Waals surface area (Å²) in [4.78, 5) is 4.47. The molecule has 1 heterocycles. The average molecular weight is 301 g/mol. The van der Waals surface area contributed by atoms with Crippen LogP contribution < -0.4 is 4.90 Å². The predicted molar refractivity (Wildman–Crippen MR) is 73.3 cm³/mol. The maximum absolute atomic E-state index is 14.0. The molecule has 0 amide bonds. The number of alkyl halides is 1. The van der Waals surface area contributed by atoms with Crippen LogP contribution in [-0.4, -0.2) is 37.6 Å². The highest BCUT2D eigenvalue weighted by molar-refractivity contribution is 9.08. The van der Waals surface area contributed by atoms with E-state index in [0.29, 0.717) is 11.4 Å². The highest BCUT2D eigenvalue weighted by Crippen LogP contribution is 2.29. The van der Waals surface area contributed by atoms with Crippen LogP contribution in [0, 0.1) is 5.82 Å². The average Bonchev–Trinajstić information content (AvgIpc) is 2.30. The van der Waals surface area contributed by atoms with Gasteiger partial charge in [0.1, 0.15) is 5.82 Å². The summed E-state index contributed by atoms with van der Waals surface area (Å²) < 4.78 is 14.0. The van der Waals surface area contributed by atoms with Crippen LogP contribution >= 0.6 is 15.9 Å². The van der Waals surface area contributed by atoms with Gasteiger partial charge in [0.2, 0.25) is 0 Å². The molecule has 0 radical (unpaired) electrons. The van der Waals surface area contributed by atoms with Crippen LogP contribution in [0.4, 0.5) is 10.1 Å². The smallest absolute Gasteiger partial charge is 0.146 e. The Labute approximate surface area is 111 Å². The number of nitrogens with zero attached hydrogens (tertiary/aromatic N) is 2. The fourth-order valence-electron chi connectivity index (χ4n) is 2.46. The summed E-state index contributed by atoms with van der Waals surface area (Å²) in [6, 6.07) is 5.66. The van der Waals surface area contributed by atoms with Crippen LogP contribution in [0.1, 0.15) is 12.5 Å². The highest BCUT2D eigenvalue weighted by Gasteiger charge is 2.25. The van der Waals surface area contributed by atoms with Gasteiger partial charge in [0.05, 0.1) is 5.69 Å². The molecule has 1 atom stereocenters. The van der Waals surface area contributed by atoms with Crippen LogP contribution in [0.15, 0.2) is 18.2 Å². The number of rotatable bonds is 2. The van der Waals surface area contributed by atoms with Crippen molar-refractivity contribution in [2.45, 2.75) is 18.3 Å². The third kappa shape index (κ3) is 2.63.